The number of carbonyl (C=O) groups is 1. The number of halogens is 1. The van der Waals surface area contributed by atoms with E-state index in [4.69, 9.17) is 4.74 Å². The van der Waals surface area contributed by atoms with E-state index in [1.807, 2.05) is 45.3 Å². The number of carbonyl (C=O) groups excluding carboxylic acids is 1. The number of aliphatic imine (C=N–C) groups is 1. The lowest BCUT2D eigenvalue weighted by Gasteiger charge is -2.24. The van der Waals surface area contributed by atoms with E-state index in [0.29, 0.717) is 6.54 Å². The predicted octanol–water partition coefficient (Wildman–Crippen LogP) is 2.96. The van der Waals surface area contributed by atoms with Gasteiger partial charge in [-0.15, -0.1) is 24.0 Å². The van der Waals surface area contributed by atoms with Crippen LogP contribution in [0.4, 0.5) is 4.79 Å². The highest BCUT2D eigenvalue weighted by Gasteiger charge is 2.19. The molecule has 1 heterocycles. The van der Waals surface area contributed by atoms with Gasteiger partial charge in [-0.2, -0.15) is 0 Å². The van der Waals surface area contributed by atoms with Gasteiger partial charge in [0.25, 0.3) is 0 Å². The maximum Gasteiger partial charge on any atom is 0.407 e. The maximum atomic E-state index is 12.0. The summed E-state index contributed by atoms with van der Waals surface area (Å²) in [6, 6.07) is 4.00. The predicted molar refractivity (Wildman–Crippen MR) is 117 cm³/mol. The first-order chi connectivity index (χ1) is 11.8. The molecule has 0 aliphatic carbocycles. The molecule has 8 heteroatoms. The Bertz CT molecular complexity index is 526. The molecule has 1 atom stereocenters. The van der Waals surface area contributed by atoms with Crippen molar-refractivity contribution in [2.24, 2.45) is 4.99 Å². The first kappa shape index (κ1) is 24.6. The zero-order valence-electron chi connectivity index (χ0n) is 16.5. The summed E-state index contributed by atoms with van der Waals surface area (Å²) >= 11 is 0. The highest BCUT2D eigenvalue weighted by Crippen LogP contribution is 2.07. The van der Waals surface area contributed by atoms with Crippen LogP contribution in [-0.4, -0.2) is 48.4 Å². The number of guanidine groups is 1. The number of hydrogen-bond donors (Lipinski definition) is 3. The lowest BCUT2D eigenvalue weighted by molar-refractivity contribution is 0.0502. The summed E-state index contributed by atoms with van der Waals surface area (Å²) in [5.41, 5.74) is -0.496. The Morgan fingerprint density at radius 1 is 1.23 bits per heavy atom. The Morgan fingerprint density at radius 2 is 1.88 bits per heavy atom. The normalized spacial score (nSPS) is 12.7. The average Bonchev–Trinajstić information content (AvgIpc) is 3.02. The molecule has 3 N–H and O–H groups in total. The van der Waals surface area contributed by atoms with Gasteiger partial charge in [-0.25, -0.2) is 4.79 Å². The fraction of sp³-hybridized carbons (Fsp3) is 0.667. The first-order valence-corrected chi connectivity index (χ1v) is 8.89. The summed E-state index contributed by atoms with van der Waals surface area (Å²) in [4.78, 5) is 16.2. The Hall–Kier alpha value is -1.45. The maximum absolute atomic E-state index is 12.0. The van der Waals surface area contributed by atoms with Gasteiger partial charge in [0.1, 0.15) is 5.60 Å². The molecule has 1 amide bonds. The topological polar surface area (TPSA) is 79.7 Å². The second-order valence-corrected chi connectivity index (χ2v) is 6.93. The SMILES string of the molecule is CCCC(CNC(=NC)NCCn1cccc1)NC(=O)OC(C)(C)C.I. The van der Waals surface area contributed by atoms with E-state index >= 15 is 0 Å². The smallest absolute Gasteiger partial charge is 0.407 e. The zero-order chi connectivity index (χ0) is 18.7. The van der Waals surface area contributed by atoms with Crippen LogP contribution in [0, 0.1) is 0 Å². The van der Waals surface area contributed by atoms with Gasteiger partial charge in [0.15, 0.2) is 5.96 Å². The third-order valence-corrected chi connectivity index (χ3v) is 3.43. The number of ether oxygens (including phenoxy) is 1. The molecule has 1 aromatic heterocycles. The van der Waals surface area contributed by atoms with E-state index < -0.39 is 5.60 Å². The van der Waals surface area contributed by atoms with Gasteiger partial charge in [-0.1, -0.05) is 13.3 Å². The van der Waals surface area contributed by atoms with Crippen LogP contribution in [0.25, 0.3) is 0 Å². The Balaban J connectivity index is 0.00000625. The molecule has 150 valence electrons. The van der Waals surface area contributed by atoms with Crippen LogP contribution < -0.4 is 16.0 Å². The van der Waals surface area contributed by atoms with Crippen molar-refractivity contribution in [3.63, 3.8) is 0 Å². The molecule has 0 aliphatic rings. The molecule has 0 radical (unpaired) electrons. The summed E-state index contributed by atoms with van der Waals surface area (Å²) in [6.07, 6.45) is 5.51. The fourth-order valence-corrected chi connectivity index (χ4v) is 2.31. The summed E-state index contributed by atoms with van der Waals surface area (Å²) in [7, 11) is 1.74. The van der Waals surface area contributed by atoms with E-state index in [2.05, 4.69) is 32.4 Å². The van der Waals surface area contributed by atoms with Crippen LogP contribution in [-0.2, 0) is 11.3 Å². The highest BCUT2D eigenvalue weighted by molar-refractivity contribution is 14.0. The van der Waals surface area contributed by atoms with Crippen molar-refractivity contribution in [2.75, 3.05) is 20.1 Å². The van der Waals surface area contributed by atoms with Crippen molar-refractivity contribution in [1.29, 1.82) is 0 Å². The number of rotatable bonds is 8. The van der Waals surface area contributed by atoms with Gasteiger partial charge < -0.3 is 25.3 Å². The van der Waals surface area contributed by atoms with Crippen molar-refractivity contribution >= 4 is 36.0 Å². The molecule has 0 spiro atoms. The van der Waals surface area contributed by atoms with Crippen LogP contribution in [0.3, 0.4) is 0 Å². The number of amides is 1. The summed E-state index contributed by atoms with van der Waals surface area (Å²) in [6.45, 7) is 9.89. The van der Waals surface area contributed by atoms with E-state index in [9.17, 15) is 4.79 Å². The van der Waals surface area contributed by atoms with Gasteiger partial charge in [-0.05, 0) is 39.3 Å². The van der Waals surface area contributed by atoms with Crippen LogP contribution in [0.5, 0.6) is 0 Å². The van der Waals surface area contributed by atoms with Crippen LogP contribution in [0.2, 0.25) is 0 Å². The summed E-state index contributed by atoms with van der Waals surface area (Å²) < 4.78 is 7.43. The van der Waals surface area contributed by atoms with Crippen molar-refractivity contribution in [3.8, 4) is 0 Å². The van der Waals surface area contributed by atoms with E-state index in [1.165, 1.54) is 0 Å². The molecule has 1 rings (SSSR count). The van der Waals surface area contributed by atoms with Crippen molar-refractivity contribution in [3.05, 3.63) is 24.5 Å². The van der Waals surface area contributed by atoms with Gasteiger partial charge >= 0.3 is 6.09 Å². The second-order valence-electron chi connectivity index (χ2n) is 6.93. The standard InChI is InChI=1S/C18H33N5O2.HI/c1-6-9-15(22-17(24)25-18(2,3)4)14-21-16(19-5)20-10-13-23-11-7-8-12-23;/h7-8,11-12,15H,6,9-10,13-14H2,1-5H3,(H,22,24)(H2,19,20,21);1H. The molecule has 26 heavy (non-hydrogen) atoms. The molecule has 0 fully saturated rings. The second kappa shape index (κ2) is 12.8. The van der Waals surface area contributed by atoms with Crippen LogP contribution in [0.15, 0.2) is 29.5 Å². The molecule has 0 aromatic carbocycles. The number of nitrogens with zero attached hydrogens (tertiary/aromatic N) is 2. The third kappa shape index (κ3) is 11.2. The fourth-order valence-electron chi connectivity index (χ4n) is 2.31. The number of nitrogens with one attached hydrogen (secondary N) is 3. The van der Waals surface area contributed by atoms with Gasteiger partial charge in [0, 0.05) is 45.1 Å². The molecule has 0 saturated carbocycles. The van der Waals surface area contributed by atoms with Crippen molar-refractivity contribution in [2.45, 2.75) is 58.7 Å². The average molecular weight is 479 g/mol. The Kier molecular flexibility index (Phi) is 12.1. The monoisotopic (exact) mass is 479 g/mol. The van der Waals surface area contributed by atoms with E-state index in [0.717, 1.165) is 31.9 Å². The van der Waals surface area contributed by atoms with Crippen molar-refractivity contribution in [1.82, 2.24) is 20.5 Å². The number of hydrogen-bond acceptors (Lipinski definition) is 3. The van der Waals surface area contributed by atoms with Crippen LogP contribution >= 0.6 is 24.0 Å². The molecule has 0 saturated heterocycles. The van der Waals surface area contributed by atoms with Gasteiger partial charge in [0.05, 0.1) is 0 Å². The lowest BCUT2D eigenvalue weighted by atomic mass is 10.1. The lowest BCUT2D eigenvalue weighted by Crippen LogP contribution is -2.48. The minimum atomic E-state index is -0.496. The Labute approximate surface area is 174 Å². The molecule has 0 bridgehead atoms. The van der Waals surface area contributed by atoms with Crippen molar-refractivity contribution < 1.29 is 9.53 Å². The highest BCUT2D eigenvalue weighted by atomic mass is 127. The summed E-state index contributed by atoms with van der Waals surface area (Å²) in [5.74, 6) is 0.722. The summed E-state index contributed by atoms with van der Waals surface area (Å²) in [5, 5.41) is 9.45. The van der Waals surface area contributed by atoms with Gasteiger partial charge in [-0.3, -0.25) is 4.99 Å². The van der Waals surface area contributed by atoms with Gasteiger partial charge in [0.2, 0.25) is 0 Å². The zero-order valence-corrected chi connectivity index (χ0v) is 18.9. The molecular weight excluding hydrogens is 445 g/mol. The number of alkyl carbamates (subject to hydrolysis) is 1. The minimum absolute atomic E-state index is 0. The van der Waals surface area contributed by atoms with E-state index in [1.54, 1.807) is 7.05 Å². The third-order valence-electron chi connectivity index (χ3n) is 3.43. The molecule has 7 nitrogen and oxygen atoms in total. The van der Waals surface area contributed by atoms with Crippen LogP contribution in [0.1, 0.15) is 40.5 Å². The molecule has 1 unspecified atom stereocenters. The first-order valence-electron chi connectivity index (χ1n) is 8.89. The minimum Gasteiger partial charge on any atom is -0.444 e. The largest absolute Gasteiger partial charge is 0.444 e. The van der Waals surface area contributed by atoms with E-state index in [-0.39, 0.29) is 36.1 Å². The molecular formula is C18H34IN5O2. The quantitative estimate of drug-likeness (QED) is 0.304. The molecule has 0 aliphatic heterocycles. The molecule has 1 aromatic rings. The Morgan fingerprint density at radius 3 is 2.42 bits per heavy atom. The number of aromatic nitrogens is 1.